The fourth-order valence-electron chi connectivity index (χ4n) is 3.39. The van der Waals surface area contributed by atoms with Crippen LogP contribution in [0.4, 0.5) is 13.2 Å². The third-order valence-electron chi connectivity index (χ3n) is 4.99. The maximum absolute atomic E-state index is 12.7. The first-order valence-corrected chi connectivity index (χ1v) is 10.6. The van der Waals surface area contributed by atoms with E-state index in [-0.39, 0.29) is 31.4 Å². The number of benzene rings is 4. The van der Waals surface area contributed by atoms with E-state index in [9.17, 15) is 13.2 Å². The topological polar surface area (TPSA) is 12.9 Å². The van der Waals surface area contributed by atoms with E-state index in [2.05, 4.69) is 65.6 Å². The molecule has 5 rings (SSSR count). The maximum Gasteiger partial charge on any atom is 3.00 e. The van der Waals surface area contributed by atoms with Gasteiger partial charge in [0.2, 0.25) is 0 Å². The summed E-state index contributed by atoms with van der Waals surface area (Å²) in [6, 6.07) is 42.3. The van der Waals surface area contributed by atoms with E-state index in [0.717, 1.165) is 17.2 Å². The molecule has 35 heavy (non-hydrogen) atoms. The van der Waals surface area contributed by atoms with Crippen molar-refractivity contribution in [1.29, 1.82) is 0 Å². The van der Waals surface area contributed by atoms with E-state index in [1.165, 1.54) is 35.5 Å². The molecule has 5 aromatic rings. The monoisotopic (exact) mass is 643 g/mol. The van der Waals surface area contributed by atoms with Crippen molar-refractivity contribution in [2.24, 2.45) is 0 Å². The van der Waals surface area contributed by atoms with Gasteiger partial charge in [-0.15, -0.1) is 47.5 Å². The predicted molar refractivity (Wildman–Crippen MR) is 128 cm³/mol. The van der Waals surface area contributed by atoms with Crippen LogP contribution in [0.1, 0.15) is 5.56 Å². The van der Waals surface area contributed by atoms with Gasteiger partial charge >= 0.3 is 26.3 Å². The molecule has 0 amide bonds. The summed E-state index contributed by atoms with van der Waals surface area (Å²) in [7, 11) is 0. The fraction of sp³-hybridized carbons (Fsp3) is 0.0333. The first-order valence-electron chi connectivity index (χ1n) is 10.6. The van der Waals surface area contributed by atoms with Gasteiger partial charge in [-0.25, -0.2) is 11.1 Å². The molecule has 0 saturated heterocycles. The first-order chi connectivity index (χ1) is 16.5. The molecule has 5 heteroatoms. The largest absolute Gasteiger partial charge is 3.00 e. The minimum atomic E-state index is -4.38. The average Bonchev–Trinajstić information content (AvgIpc) is 2.90. The molecule has 0 radical (unpaired) electrons. The molecule has 0 unspecified atom stereocenters. The molecule has 0 atom stereocenters. The first kappa shape index (κ1) is 26.1. The van der Waals surface area contributed by atoms with E-state index >= 15 is 0 Å². The zero-order valence-corrected chi connectivity index (χ0v) is 20.8. The van der Waals surface area contributed by atoms with E-state index in [0.29, 0.717) is 0 Å². The second-order valence-corrected chi connectivity index (χ2v) is 7.30. The quantitative estimate of drug-likeness (QED) is 0.181. The van der Waals surface area contributed by atoms with Crippen LogP contribution in [0.2, 0.25) is 0 Å². The predicted octanol–water partition coefficient (Wildman–Crippen LogP) is 8.19. The van der Waals surface area contributed by atoms with Crippen molar-refractivity contribution in [3.63, 3.8) is 0 Å². The maximum atomic E-state index is 12.7. The Kier molecular flexibility index (Phi) is 9.13. The molecule has 0 saturated carbocycles. The fourth-order valence-corrected chi connectivity index (χ4v) is 3.39. The molecule has 0 fully saturated rings. The standard InChI is InChI=1S/C18H12.C12H7F3N.Ir/c1-3-8-15(9-4-1)17-12-7-13-18(14-17)16-10-5-2-6-11-16;13-12(14,15)10-6-2-1-5-9(10)11-7-3-4-8-16-11;/h1-10,12,14H;1-4,6-8H;/q-2;-1;+3. The average molecular weight is 643 g/mol. The molecule has 0 aliphatic rings. The SMILES string of the molecule is FC(F)(F)c1ccc[c-]c1-c1ccccn1.[Ir+3].[c-]1ccccc1-c1[c-]ccc(-c2ccccc2)c1. The van der Waals surface area contributed by atoms with Crippen molar-refractivity contribution in [1.82, 2.24) is 4.98 Å². The van der Waals surface area contributed by atoms with Gasteiger partial charge in [0.25, 0.3) is 0 Å². The summed E-state index contributed by atoms with van der Waals surface area (Å²) in [4.78, 5) is 3.89. The molecule has 4 aromatic carbocycles. The Morgan fingerprint density at radius 3 is 2.00 bits per heavy atom. The van der Waals surface area contributed by atoms with Crippen LogP contribution in [0.3, 0.4) is 0 Å². The summed E-state index contributed by atoms with van der Waals surface area (Å²) >= 11 is 0. The third kappa shape index (κ3) is 6.98. The molecule has 0 aliphatic carbocycles. The van der Waals surface area contributed by atoms with Gasteiger partial charge in [0, 0.05) is 6.20 Å². The number of nitrogens with zero attached hydrogens (tertiary/aromatic N) is 1. The third-order valence-corrected chi connectivity index (χ3v) is 4.99. The number of hydrogen-bond acceptors (Lipinski definition) is 1. The summed E-state index contributed by atoms with van der Waals surface area (Å²) < 4.78 is 38.1. The Morgan fingerprint density at radius 2 is 1.31 bits per heavy atom. The number of aromatic nitrogens is 1. The van der Waals surface area contributed by atoms with Gasteiger partial charge in [-0.05, 0) is 22.9 Å². The number of alkyl halides is 3. The van der Waals surface area contributed by atoms with Crippen LogP contribution in [0.5, 0.6) is 0 Å². The number of rotatable bonds is 3. The minimum Gasteiger partial charge on any atom is -0.305 e. The summed E-state index contributed by atoms with van der Waals surface area (Å²) in [6.45, 7) is 0. The van der Waals surface area contributed by atoms with E-state index < -0.39 is 11.7 Å². The van der Waals surface area contributed by atoms with E-state index in [1.807, 2.05) is 30.3 Å². The van der Waals surface area contributed by atoms with Crippen molar-refractivity contribution < 1.29 is 33.3 Å². The summed E-state index contributed by atoms with van der Waals surface area (Å²) in [5.41, 5.74) is 4.14. The van der Waals surface area contributed by atoms with Crippen LogP contribution in [-0.2, 0) is 26.3 Å². The summed E-state index contributed by atoms with van der Waals surface area (Å²) in [6.07, 6.45) is -2.93. The van der Waals surface area contributed by atoms with Gasteiger partial charge in [-0.3, -0.25) is 0 Å². The van der Waals surface area contributed by atoms with Gasteiger partial charge in [0.1, 0.15) is 0 Å². The number of hydrogen-bond donors (Lipinski definition) is 0. The van der Waals surface area contributed by atoms with Crippen LogP contribution in [0.25, 0.3) is 33.5 Å². The Hall–Kier alpha value is -3.53. The van der Waals surface area contributed by atoms with Crippen molar-refractivity contribution in [3.8, 4) is 33.5 Å². The Morgan fingerprint density at radius 1 is 0.600 bits per heavy atom. The zero-order valence-electron chi connectivity index (χ0n) is 18.4. The van der Waals surface area contributed by atoms with Gasteiger partial charge in [-0.1, -0.05) is 42.5 Å². The molecular formula is C30H19F3IrN. The van der Waals surface area contributed by atoms with Crippen molar-refractivity contribution in [3.05, 3.63) is 139 Å². The van der Waals surface area contributed by atoms with Crippen molar-refractivity contribution >= 4 is 0 Å². The molecule has 174 valence electrons. The molecular weight excluding hydrogens is 624 g/mol. The summed E-state index contributed by atoms with van der Waals surface area (Å²) in [5, 5.41) is 0. The van der Waals surface area contributed by atoms with Gasteiger partial charge < -0.3 is 4.98 Å². The Balaban J connectivity index is 0.000000192. The summed E-state index contributed by atoms with van der Waals surface area (Å²) in [5.74, 6) is 0. The minimum absolute atomic E-state index is 0. The van der Waals surface area contributed by atoms with Crippen LogP contribution >= 0.6 is 0 Å². The molecule has 1 aromatic heterocycles. The van der Waals surface area contributed by atoms with Gasteiger partial charge in [0.05, 0.1) is 0 Å². The molecule has 0 bridgehead atoms. The van der Waals surface area contributed by atoms with Crippen LogP contribution < -0.4 is 0 Å². The Labute approximate surface area is 216 Å². The Bertz CT molecular complexity index is 1270. The van der Waals surface area contributed by atoms with E-state index in [1.54, 1.807) is 12.1 Å². The second kappa shape index (κ2) is 12.3. The van der Waals surface area contributed by atoms with Crippen LogP contribution in [0, 0.1) is 18.2 Å². The molecule has 0 spiro atoms. The van der Waals surface area contributed by atoms with Crippen molar-refractivity contribution in [2.45, 2.75) is 6.18 Å². The smallest absolute Gasteiger partial charge is 0.305 e. The molecule has 1 heterocycles. The number of halogens is 3. The molecule has 0 N–H and O–H groups in total. The van der Waals surface area contributed by atoms with Crippen LogP contribution in [0.15, 0.2) is 115 Å². The normalized spacial score (nSPS) is 10.5. The zero-order chi connectivity index (χ0) is 23.8. The van der Waals surface area contributed by atoms with Gasteiger partial charge in [0.15, 0.2) is 0 Å². The van der Waals surface area contributed by atoms with Gasteiger partial charge in [-0.2, -0.15) is 55.6 Å². The second-order valence-electron chi connectivity index (χ2n) is 7.30. The van der Waals surface area contributed by atoms with E-state index in [4.69, 9.17) is 0 Å². The molecule has 0 aliphatic heterocycles. The van der Waals surface area contributed by atoms with Crippen molar-refractivity contribution in [2.75, 3.05) is 0 Å². The molecule has 1 nitrogen and oxygen atoms in total. The number of pyridine rings is 1. The van der Waals surface area contributed by atoms with Crippen LogP contribution in [-0.4, -0.2) is 4.98 Å².